The van der Waals surface area contributed by atoms with Crippen LogP contribution in [0.3, 0.4) is 0 Å². The normalized spacial score (nSPS) is 12.2. The zero-order chi connectivity index (χ0) is 21.4. The van der Waals surface area contributed by atoms with Gasteiger partial charge in [0.1, 0.15) is 0 Å². The van der Waals surface area contributed by atoms with Crippen LogP contribution in [0.15, 0.2) is 64.3 Å². The number of para-hydroxylation sites is 1. The summed E-state index contributed by atoms with van der Waals surface area (Å²) < 4.78 is 24.6. The molecule has 30 heavy (non-hydrogen) atoms. The van der Waals surface area contributed by atoms with Crippen LogP contribution >= 0.6 is 0 Å². The molecule has 0 spiro atoms. The Morgan fingerprint density at radius 3 is 2.20 bits per heavy atom. The summed E-state index contributed by atoms with van der Waals surface area (Å²) >= 11 is 0. The fraction of sp³-hybridized carbons (Fsp3) is 0.174. The van der Waals surface area contributed by atoms with Crippen LogP contribution in [0.5, 0.6) is 17.2 Å². The number of ether oxygens (including phenoxy) is 2. The van der Waals surface area contributed by atoms with E-state index in [0.29, 0.717) is 39.2 Å². The number of phenols is 1. The monoisotopic (exact) mass is 423 g/mol. The lowest BCUT2D eigenvalue weighted by Gasteiger charge is -2.17. The van der Waals surface area contributed by atoms with Crippen LogP contribution in [0.4, 0.5) is 0 Å². The summed E-state index contributed by atoms with van der Waals surface area (Å²) in [4.78, 5) is 13.7. The van der Waals surface area contributed by atoms with E-state index in [4.69, 9.17) is 9.47 Å². The zero-order valence-electron chi connectivity index (χ0n) is 16.8. The van der Waals surface area contributed by atoms with Gasteiger partial charge in [0.05, 0.1) is 25.3 Å². The molecule has 6 nitrogen and oxygen atoms in total. The molecule has 0 fully saturated rings. The van der Waals surface area contributed by atoms with Crippen molar-refractivity contribution in [3.05, 3.63) is 70.4 Å². The second-order valence-corrected chi connectivity index (χ2v) is 8.29. The van der Waals surface area contributed by atoms with Crippen molar-refractivity contribution in [3.8, 4) is 17.2 Å². The van der Waals surface area contributed by atoms with E-state index in [1.165, 1.54) is 14.2 Å². The van der Waals surface area contributed by atoms with E-state index in [0.717, 1.165) is 11.1 Å². The van der Waals surface area contributed by atoms with E-state index < -0.39 is 10.8 Å². The molecule has 1 heterocycles. The molecule has 1 atom stereocenters. The summed E-state index contributed by atoms with van der Waals surface area (Å²) in [6, 6.07) is 16.1. The predicted molar refractivity (Wildman–Crippen MR) is 118 cm³/mol. The van der Waals surface area contributed by atoms with Crippen LogP contribution in [-0.4, -0.2) is 34.4 Å². The number of phenolic OH excluding ortho intramolecular Hbond substituents is 1. The Kier molecular flexibility index (Phi) is 5.22. The lowest BCUT2D eigenvalue weighted by atomic mass is 10.1. The average Bonchev–Trinajstić information content (AvgIpc) is 2.77. The first kappa shape index (κ1) is 20.0. The smallest absolute Gasteiger partial charge is 0.200 e. The maximum Gasteiger partial charge on any atom is 0.200 e. The van der Waals surface area contributed by atoms with E-state index in [9.17, 15) is 14.1 Å². The number of pyridine rings is 1. The van der Waals surface area contributed by atoms with E-state index in [1.54, 1.807) is 42.7 Å². The van der Waals surface area contributed by atoms with Gasteiger partial charge in [0.15, 0.2) is 16.9 Å². The second-order valence-electron chi connectivity index (χ2n) is 6.91. The molecule has 0 saturated heterocycles. The molecule has 0 saturated carbocycles. The number of hydrogen-bond donors (Lipinski definition) is 1. The van der Waals surface area contributed by atoms with Crippen molar-refractivity contribution >= 4 is 32.6 Å². The van der Waals surface area contributed by atoms with Crippen LogP contribution in [0, 0.1) is 0 Å². The standard InChI is InChI=1S/C23H21NO5S/c1-28-20-10-14(11-21(29-2)23(20)26)13-24-18-7-5-4-6-16(18)22(25)17-9-8-15(30(3)27)12-19(17)24/h4-12,26H,13H2,1-3H3. The molecule has 0 aliphatic carbocycles. The van der Waals surface area contributed by atoms with Gasteiger partial charge < -0.3 is 19.1 Å². The molecule has 1 N–H and O–H groups in total. The van der Waals surface area contributed by atoms with Gasteiger partial charge >= 0.3 is 0 Å². The van der Waals surface area contributed by atoms with Crippen LogP contribution in [0.1, 0.15) is 5.56 Å². The molecular formula is C23H21NO5S. The van der Waals surface area contributed by atoms with Crippen LogP contribution in [0.2, 0.25) is 0 Å². The lowest BCUT2D eigenvalue weighted by molar-refractivity contribution is 0.339. The Morgan fingerprint density at radius 1 is 0.933 bits per heavy atom. The highest BCUT2D eigenvalue weighted by atomic mass is 32.2. The number of methoxy groups -OCH3 is 2. The molecule has 4 rings (SSSR count). The SMILES string of the molecule is COc1cc(Cn2c3ccccc3c(=O)c3ccc(S(C)=O)cc32)cc(OC)c1O. The van der Waals surface area contributed by atoms with Gasteiger partial charge in [-0.05, 0) is 48.0 Å². The Balaban J connectivity index is 2.03. The summed E-state index contributed by atoms with van der Waals surface area (Å²) in [6.07, 6.45) is 1.61. The van der Waals surface area contributed by atoms with E-state index in [1.807, 2.05) is 22.8 Å². The van der Waals surface area contributed by atoms with Crippen molar-refractivity contribution < 1.29 is 18.8 Å². The number of fused-ring (bicyclic) bond motifs is 2. The van der Waals surface area contributed by atoms with Crippen molar-refractivity contribution in [1.29, 1.82) is 0 Å². The molecule has 0 bridgehead atoms. The third-order valence-electron chi connectivity index (χ3n) is 5.16. The predicted octanol–water partition coefficient (Wildman–Crippen LogP) is 3.66. The number of aromatic hydroxyl groups is 1. The van der Waals surface area contributed by atoms with E-state index in [2.05, 4.69) is 0 Å². The van der Waals surface area contributed by atoms with Crippen molar-refractivity contribution in [2.24, 2.45) is 0 Å². The van der Waals surface area contributed by atoms with Gasteiger partial charge in [-0.1, -0.05) is 12.1 Å². The molecular weight excluding hydrogens is 402 g/mol. The molecule has 1 aromatic heterocycles. The minimum absolute atomic E-state index is 0.0637. The minimum Gasteiger partial charge on any atom is -0.502 e. The Bertz CT molecular complexity index is 1330. The summed E-state index contributed by atoms with van der Waals surface area (Å²) in [5, 5.41) is 11.4. The number of rotatable bonds is 5. The highest BCUT2D eigenvalue weighted by Crippen LogP contribution is 2.37. The number of nitrogens with zero attached hydrogens (tertiary/aromatic N) is 1. The van der Waals surface area contributed by atoms with Crippen LogP contribution < -0.4 is 14.9 Å². The Labute approximate surface area is 175 Å². The first-order valence-electron chi connectivity index (χ1n) is 9.27. The van der Waals surface area contributed by atoms with Gasteiger partial charge in [0.25, 0.3) is 0 Å². The maximum atomic E-state index is 13.1. The van der Waals surface area contributed by atoms with Gasteiger partial charge in [0, 0.05) is 39.3 Å². The summed E-state index contributed by atoms with van der Waals surface area (Å²) in [6.45, 7) is 0.393. The molecule has 154 valence electrons. The molecule has 0 aliphatic heterocycles. The largest absolute Gasteiger partial charge is 0.502 e. The molecule has 3 aromatic carbocycles. The second kappa shape index (κ2) is 7.84. The summed E-state index contributed by atoms with van der Waals surface area (Å²) in [5.41, 5.74) is 2.21. The van der Waals surface area contributed by atoms with Crippen molar-refractivity contribution in [2.75, 3.05) is 20.5 Å². The first-order valence-corrected chi connectivity index (χ1v) is 10.8. The average molecular weight is 423 g/mol. The maximum absolute atomic E-state index is 13.1. The van der Waals surface area contributed by atoms with Gasteiger partial charge in [-0.25, -0.2) is 0 Å². The Morgan fingerprint density at radius 2 is 1.57 bits per heavy atom. The van der Waals surface area contributed by atoms with Gasteiger partial charge in [-0.3, -0.25) is 9.00 Å². The number of hydrogen-bond acceptors (Lipinski definition) is 5. The summed E-state index contributed by atoms with van der Waals surface area (Å²) in [7, 11) is 1.77. The topological polar surface area (TPSA) is 77.8 Å². The molecule has 1 unspecified atom stereocenters. The van der Waals surface area contributed by atoms with Gasteiger partial charge in [0.2, 0.25) is 5.75 Å². The fourth-order valence-electron chi connectivity index (χ4n) is 3.67. The Hall–Kier alpha value is -3.32. The fourth-order valence-corrected chi connectivity index (χ4v) is 4.21. The molecule has 4 aromatic rings. The van der Waals surface area contributed by atoms with E-state index >= 15 is 0 Å². The number of benzene rings is 3. The quantitative estimate of drug-likeness (QED) is 0.496. The van der Waals surface area contributed by atoms with Crippen LogP contribution in [0.25, 0.3) is 21.8 Å². The number of aromatic nitrogens is 1. The van der Waals surface area contributed by atoms with Gasteiger partial charge in [-0.15, -0.1) is 0 Å². The summed E-state index contributed by atoms with van der Waals surface area (Å²) in [5.74, 6) is 0.533. The molecule has 0 aliphatic rings. The van der Waals surface area contributed by atoms with Crippen molar-refractivity contribution in [2.45, 2.75) is 11.4 Å². The van der Waals surface area contributed by atoms with Gasteiger partial charge in [-0.2, -0.15) is 0 Å². The van der Waals surface area contributed by atoms with Crippen molar-refractivity contribution in [3.63, 3.8) is 0 Å². The van der Waals surface area contributed by atoms with E-state index in [-0.39, 0.29) is 11.2 Å². The highest BCUT2D eigenvalue weighted by molar-refractivity contribution is 7.84. The minimum atomic E-state index is -1.18. The third kappa shape index (κ3) is 3.31. The van der Waals surface area contributed by atoms with Crippen molar-refractivity contribution in [1.82, 2.24) is 4.57 Å². The molecule has 0 radical (unpaired) electrons. The lowest BCUT2D eigenvalue weighted by Crippen LogP contribution is -2.13. The van der Waals surface area contributed by atoms with Crippen LogP contribution in [-0.2, 0) is 17.3 Å². The highest BCUT2D eigenvalue weighted by Gasteiger charge is 2.15. The zero-order valence-corrected chi connectivity index (χ0v) is 17.7. The first-order chi connectivity index (χ1) is 14.4. The molecule has 7 heteroatoms. The molecule has 0 amide bonds. The third-order valence-corrected chi connectivity index (χ3v) is 6.07.